The van der Waals surface area contributed by atoms with E-state index in [4.69, 9.17) is 5.73 Å². The quantitative estimate of drug-likeness (QED) is 0.702. The molecule has 3 heterocycles. The molecule has 0 radical (unpaired) electrons. The van der Waals surface area contributed by atoms with E-state index in [-0.39, 0.29) is 5.95 Å². The third kappa shape index (κ3) is 1.78. The molecule has 1 aliphatic heterocycles. The fraction of sp³-hybridized carbons (Fsp3) is 0.500. The van der Waals surface area contributed by atoms with E-state index in [2.05, 4.69) is 36.8 Å². The lowest BCUT2D eigenvalue weighted by atomic mass is 10.3. The summed E-state index contributed by atoms with van der Waals surface area (Å²) >= 11 is 0. The maximum Gasteiger partial charge on any atom is 0.224 e. The summed E-state index contributed by atoms with van der Waals surface area (Å²) in [6, 6.07) is 0. The van der Waals surface area contributed by atoms with Gasteiger partial charge in [0, 0.05) is 26.2 Å². The molecule has 3 N–H and O–H groups in total. The largest absolute Gasteiger partial charge is 0.368 e. The molecule has 1 saturated heterocycles. The van der Waals surface area contributed by atoms with E-state index in [0.717, 1.165) is 37.5 Å². The topological polar surface area (TPSA) is 87.0 Å². The van der Waals surface area contributed by atoms with Crippen LogP contribution < -0.4 is 10.6 Å². The zero-order chi connectivity index (χ0) is 11.8. The molecule has 1 fully saturated rings. The Hall–Kier alpha value is -1.89. The molecule has 7 nitrogen and oxygen atoms in total. The Morgan fingerprint density at radius 1 is 1.24 bits per heavy atom. The third-order valence-electron chi connectivity index (χ3n) is 3.09. The molecule has 0 bridgehead atoms. The van der Waals surface area contributed by atoms with Crippen LogP contribution in [-0.4, -0.2) is 58.1 Å². The van der Waals surface area contributed by atoms with Gasteiger partial charge in [0.05, 0.1) is 6.33 Å². The van der Waals surface area contributed by atoms with Gasteiger partial charge in [-0.15, -0.1) is 0 Å². The van der Waals surface area contributed by atoms with Crippen molar-refractivity contribution in [1.29, 1.82) is 0 Å². The van der Waals surface area contributed by atoms with Crippen LogP contribution in [0, 0.1) is 0 Å². The number of imidazole rings is 1. The predicted molar refractivity (Wildman–Crippen MR) is 65.8 cm³/mol. The van der Waals surface area contributed by atoms with Crippen LogP contribution in [0.2, 0.25) is 0 Å². The molecular formula is C10H15N7. The number of likely N-dealkylation sites (N-methyl/N-ethyl adjacent to an activating group) is 1. The van der Waals surface area contributed by atoms with Crippen molar-refractivity contribution >= 4 is 22.9 Å². The van der Waals surface area contributed by atoms with Gasteiger partial charge in [-0.25, -0.2) is 4.98 Å². The van der Waals surface area contributed by atoms with E-state index in [9.17, 15) is 0 Å². The Morgan fingerprint density at radius 3 is 2.76 bits per heavy atom. The second kappa shape index (κ2) is 3.85. The number of piperazine rings is 1. The minimum absolute atomic E-state index is 0.276. The summed E-state index contributed by atoms with van der Waals surface area (Å²) in [7, 11) is 2.12. The van der Waals surface area contributed by atoms with Crippen molar-refractivity contribution < 1.29 is 0 Å². The molecule has 2 aromatic heterocycles. The van der Waals surface area contributed by atoms with Crippen molar-refractivity contribution in [3.8, 4) is 0 Å². The van der Waals surface area contributed by atoms with Crippen molar-refractivity contribution in [3.63, 3.8) is 0 Å². The Balaban J connectivity index is 2.01. The number of nitrogens with one attached hydrogen (secondary N) is 1. The number of rotatable bonds is 1. The molecule has 0 aromatic carbocycles. The molecule has 3 rings (SSSR count). The van der Waals surface area contributed by atoms with Crippen LogP contribution in [0.25, 0.3) is 11.2 Å². The SMILES string of the molecule is CN1CCN(c2nc(N)nc3nc[nH]c23)CC1. The van der Waals surface area contributed by atoms with Crippen molar-refractivity contribution in [2.75, 3.05) is 43.9 Å². The normalized spacial score (nSPS) is 17.8. The number of aromatic nitrogens is 4. The summed E-state index contributed by atoms with van der Waals surface area (Å²) in [4.78, 5) is 20.1. The lowest BCUT2D eigenvalue weighted by Crippen LogP contribution is -2.45. The Bertz CT molecular complexity index is 526. The molecule has 0 unspecified atom stereocenters. The lowest BCUT2D eigenvalue weighted by molar-refractivity contribution is 0.312. The van der Waals surface area contributed by atoms with E-state index >= 15 is 0 Å². The first-order valence-corrected chi connectivity index (χ1v) is 5.64. The molecule has 0 amide bonds. The molecule has 90 valence electrons. The van der Waals surface area contributed by atoms with Gasteiger partial charge in [0.1, 0.15) is 5.52 Å². The number of aromatic amines is 1. The molecule has 0 atom stereocenters. The molecule has 0 saturated carbocycles. The zero-order valence-electron chi connectivity index (χ0n) is 9.72. The fourth-order valence-electron chi connectivity index (χ4n) is 2.08. The number of anilines is 2. The number of fused-ring (bicyclic) bond motifs is 1. The number of nitrogens with zero attached hydrogens (tertiary/aromatic N) is 5. The van der Waals surface area contributed by atoms with E-state index in [0.29, 0.717) is 5.65 Å². The van der Waals surface area contributed by atoms with Crippen LogP contribution in [0.4, 0.5) is 11.8 Å². The Labute approximate surface area is 98.7 Å². The van der Waals surface area contributed by atoms with Crippen molar-refractivity contribution in [2.24, 2.45) is 0 Å². The molecule has 7 heteroatoms. The number of hydrogen-bond acceptors (Lipinski definition) is 6. The van der Waals surface area contributed by atoms with Crippen LogP contribution in [-0.2, 0) is 0 Å². The highest BCUT2D eigenvalue weighted by Crippen LogP contribution is 2.22. The molecule has 17 heavy (non-hydrogen) atoms. The first-order valence-electron chi connectivity index (χ1n) is 5.64. The monoisotopic (exact) mass is 233 g/mol. The summed E-state index contributed by atoms with van der Waals surface area (Å²) in [6.07, 6.45) is 1.62. The number of nitrogen functional groups attached to an aromatic ring is 1. The summed E-state index contributed by atoms with van der Waals surface area (Å²) in [6.45, 7) is 3.95. The standard InChI is InChI=1S/C10H15N7/c1-16-2-4-17(5-3-16)9-7-8(13-6-12-7)14-10(11)15-9/h6H,2-5H2,1H3,(H3,11,12,13,14,15). The van der Waals surface area contributed by atoms with E-state index in [1.807, 2.05) is 0 Å². The number of hydrogen-bond donors (Lipinski definition) is 2. The average molecular weight is 233 g/mol. The first kappa shape index (κ1) is 10.3. The van der Waals surface area contributed by atoms with Gasteiger partial charge in [0.15, 0.2) is 11.5 Å². The van der Waals surface area contributed by atoms with E-state index in [1.165, 1.54) is 0 Å². The summed E-state index contributed by atoms with van der Waals surface area (Å²) in [5, 5.41) is 0. The Morgan fingerprint density at radius 2 is 2.00 bits per heavy atom. The van der Waals surface area contributed by atoms with Gasteiger partial charge in [-0.2, -0.15) is 9.97 Å². The minimum Gasteiger partial charge on any atom is -0.368 e. The van der Waals surface area contributed by atoms with Crippen LogP contribution in [0.15, 0.2) is 6.33 Å². The average Bonchev–Trinajstić information content (AvgIpc) is 2.77. The highest BCUT2D eigenvalue weighted by Gasteiger charge is 2.19. The van der Waals surface area contributed by atoms with Gasteiger partial charge in [-0.1, -0.05) is 0 Å². The van der Waals surface area contributed by atoms with Crippen molar-refractivity contribution in [1.82, 2.24) is 24.8 Å². The predicted octanol–water partition coefficient (Wildman–Crippen LogP) is -0.313. The van der Waals surface area contributed by atoms with Crippen LogP contribution in [0.5, 0.6) is 0 Å². The molecule has 1 aliphatic rings. The maximum atomic E-state index is 5.70. The Kier molecular flexibility index (Phi) is 2.32. The smallest absolute Gasteiger partial charge is 0.224 e. The summed E-state index contributed by atoms with van der Waals surface area (Å²) < 4.78 is 0. The highest BCUT2D eigenvalue weighted by atomic mass is 15.3. The van der Waals surface area contributed by atoms with Crippen LogP contribution >= 0.6 is 0 Å². The first-order chi connectivity index (χ1) is 8.24. The zero-order valence-corrected chi connectivity index (χ0v) is 9.72. The van der Waals surface area contributed by atoms with Crippen LogP contribution in [0.1, 0.15) is 0 Å². The summed E-state index contributed by atoms with van der Waals surface area (Å²) in [5.74, 6) is 1.14. The minimum atomic E-state index is 0.276. The highest BCUT2D eigenvalue weighted by molar-refractivity contribution is 5.84. The maximum absolute atomic E-state index is 5.70. The van der Waals surface area contributed by atoms with Gasteiger partial charge >= 0.3 is 0 Å². The molecule has 0 spiro atoms. The van der Waals surface area contributed by atoms with Crippen molar-refractivity contribution in [3.05, 3.63) is 6.33 Å². The lowest BCUT2D eigenvalue weighted by Gasteiger charge is -2.33. The second-order valence-corrected chi connectivity index (χ2v) is 4.30. The van der Waals surface area contributed by atoms with E-state index < -0.39 is 0 Å². The van der Waals surface area contributed by atoms with Gasteiger partial charge in [0.2, 0.25) is 5.95 Å². The van der Waals surface area contributed by atoms with Crippen LogP contribution in [0.3, 0.4) is 0 Å². The summed E-state index contributed by atoms with van der Waals surface area (Å²) in [5.41, 5.74) is 7.20. The number of nitrogens with two attached hydrogens (primary N) is 1. The second-order valence-electron chi connectivity index (χ2n) is 4.30. The van der Waals surface area contributed by atoms with E-state index in [1.54, 1.807) is 6.33 Å². The van der Waals surface area contributed by atoms with Gasteiger partial charge < -0.3 is 20.5 Å². The molecule has 0 aliphatic carbocycles. The molecule has 2 aromatic rings. The third-order valence-corrected chi connectivity index (χ3v) is 3.09. The fourth-order valence-corrected chi connectivity index (χ4v) is 2.08. The molecular weight excluding hydrogens is 218 g/mol. The number of H-pyrrole nitrogens is 1. The van der Waals surface area contributed by atoms with Gasteiger partial charge in [-0.05, 0) is 7.05 Å². The van der Waals surface area contributed by atoms with Crippen molar-refractivity contribution in [2.45, 2.75) is 0 Å². The van der Waals surface area contributed by atoms with Gasteiger partial charge in [0.25, 0.3) is 0 Å². The van der Waals surface area contributed by atoms with Gasteiger partial charge in [-0.3, -0.25) is 0 Å².